The van der Waals surface area contributed by atoms with Crippen LogP contribution in [0.25, 0.3) is 0 Å². The molecule has 3 nitrogen and oxygen atoms in total. The van der Waals surface area contributed by atoms with Gasteiger partial charge >= 0.3 is 0 Å². The molecule has 0 heterocycles. The minimum Gasteiger partial charge on any atom is -0.347 e. The number of hydrogen-bond donors (Lipinski definition) is 2. The van der Waals surface area contributed by atoms with Crippen molar-refractivity contribution in [3.8, 4) is 11.8 Å². The Balaban J connectivity index is 2.26. The summed E-state index contributed by atoms with van der Waals surface area (Å²) in [7, 11) is 0. The predicted molar refractivity (Wildman–Crippen MR) is 72.1 cm³/mol. The fraction of sp³-hybridized carbons (Fsp3) is 0.400. The van der Waals surface area contributed by atoms with Gasteiger partial charge in [0.2, 0.25) is 0 Å². The van der Waals surface area contributed by atoms with Gasteiger partial charge < -0.3 is 11.1 Å². The van der Waals surface area contributed by atoms with E-state index in [4.69, 9.17) is 5.73 Å². The second-order valence-electron chi connectivity index (χ2n) is 5.06. The van der Waals surface area contributed by atoms with Gasteiger partial charge in [-0.1, -0.05) is 11.8 Å². The molecular formula is C15H17FN2O. The van der Waals surface area contributed by atoms with Gasteiger partial charge in [0.1, 0.15) is 5.82 Å². The molecule has 0 atom stereocenters. The molecule has 19 heavy (non-hydrogen) atoms. The maximum absolute atomic E-state index is 13.3. The van der Waals surface area contributed by atoms with Crippen molar-refractivity contribution in [1.82, 2.24) is 5.32 Å². The molecule has 0 saturated heterocycles. The minimum absolute atomic E-state index is 0.165. The van der Waals surface area contributed by atoms with Crippen molar-refractivity contribution >= 4 is 5.91 Å². The maximum Gasteiger partial charge on any atom is 0.253 e. The molecule has 0 bridgehead atoms. The van der Waals surface area contributed by atoms with E-state index in [2.05, 4.69) is 17.2 Å². The lowest BCUT2D eigenvalue weighted by Gasteiger charge is -2.39. The van der Waals surface area contributed by atoms with Crippen LogP contribution in [0.1, 0.15) is 42.1 Å². The third-order valence-corrected chi connectivity index (χ3v) is 3.42. The number of rotatable bonds is 2. The van der Waals surface area contributed by atoms with Crippen LogP contribution in [0.3, 0.4) is 0 Å². The van der Waals surface area contributed by atoms with Crippen molar-refractivity contribution < 1.29 is 9.18 Å². The summed E-state index contributed by atoms with van der Waals surface area (Å²) in [6, 6.07) is 4.02. The van der Waals surface area contributed by atoms with Crippen LogP contribution in [0.2, 0.25) is 0 Å². The quantitative estimate of drug-likeness (QED) is 0.797. The zero-order chi connectivity index (χ0) is 13.9. The summed E-state index contributed by atoms with van der Waals surface area (Å²) in [6.07, 6.45) is 3.02. The van der Waals surface area contributed by atoms with Crippen LogP contribution in [0.5, 0.6) is 0 Å². The van der Waals surface area contributed by atoms with Gasteiger partial charge in [-0.2, -0.15) is 0 Å². The summed E-state index contributed by atoms with van der Waals surface area (Å²) >= 11 is 0. The minimum atomic E-state index is -0.442. The standard InChI is InChI=1S/C15H17FN2O/c1-15(7-3-8-15)18-14(19)13-10-12(16)6-5-11(13)4-2-9-17/h5-6,10H,3,7-9,17H2,1H3,(H,18,19). The van der Waals surface area contributed by atoms with E-state index in [0.29, 0.717) is 5.56 Å². The molecule has 0 aliphatic heterocycles. The molecule has 1 amide bonds. The smallest absolute Gasteiger partial charge is 0.253 e. The highest BCUT2D eigenvalue weighted by Gasteiger charge is 2.33. The van der Waals surface area contributed by atoms with Gasteiger partial charge in [0.05, 0.1) is 12.1 Å². The van der Waals surface area contributed by atoms with Crippen LogP contribution in [-0.2, 0) is 0 Å². The normalized spacial score (nSPS) is 15.9. The molecule has 2 rings (SSSR count). The predicted octanol–water partition coefficient (Wildman–Crippen LogP) is 1.81. The van der Waals surface area contributed by atoms with E-state index in [1.165, 1.54) is 18.2 Å². The molecule has 1 aromatic rings. The fourth-order valence-corrected chi connectivity index (χ4v) is 2.13. The zero-order valence-electron chi connectivity index (χ0n) is 10.9. The summed E-state index contributed by atoms with van der Waals surface area (Å²) in [5.41, 5.74) is 5.93. The van der Waals surface area contributed by atoms with Crippen molar-refractivity contribution in [2.24, 2.45) is 5.73 Å². The molecule has 1 aromatic carbocycles. The Morgan fingerprint density at radius 3 is 2.84 bits per heavy atom. The van der Waals surface area contributed by atoms with E-state index in [1.807, 2.05) is 6.92 Å². The second kappa shape index (κ2) is 5.41. The first-order valence-corrected chi connectivity index (χ1v) is 6.35. The van der Waals surface area contributed by atoms with E-state index < -0.39 is 5.82 Å². The molecule has 3 N–H and O–H groups in total. The van der Waals surface area contributed by atoms with E-state index in [1.54, 1.807) is 0 Å². The molecule has 0 unspecified atom stereocenters. The molecule has 0 aromatic heterocycles. The van der Waals surface area contributed by atoms with Crippen LogP contribution in [0.4, 0.5) is 4.39 Å². The van der Waals surface area contributed by atoms with Gasteiger partial charge in [-0.05, 0) is 44.4 Å². The van der Waals surface area contributed by atoms with E-state index >= 15 is 0 Å². The Hall–Kier alpha value is -1.86. The molecule has 1 saturated carbocycles. The van der Waals surface area contributed by atoms with Crippen molar-refractivity contribution in [3.63, 3.8) is 0 Å². The monoisotopic (exact) mass is 260 g/mol. The van der Waals surface area contributed by atoms with Crippen LogP contribution >= 0.6 is 0 Å². The Morgan fingerprint density at radius 1 is 1.53 bits per heavy atom. The van der Waals surface area contributed by atoms with E-state index in [-0.39, 0.29) is 23.6 Å². The average molecular weight is 260 g/mol. The summed E-state index contributed by atoms with van der Waals surface area (Å²) < 4.78 is 13.3. The van der Waals surface area contributed by atoms with Gasteiger partial charge in [0.25, 0.3) is 5.91 Å². The Morgan fingerprint density at radius 2 is 2.26 bits per heavy atom. The van der Waals surface area contributed by atoms with Gasteiger partial charge in [-0.15, -0.1) is 0 Å². The second-order valence-corrected chi connectivity index (χ2v) is 5.06. The Kier molecular flexibility index (Phi) is 3.87. The van der Waals surface area contributed by atoms with Gasteiger partial charge in [-0.25, -0.2) is 4.39 Å². The molecule has 100 valence electrons. The highest BCUT2D eigenvalue weighted by atomic mass is 19.1. The van der Waals surface area contributed by atoms with E-state index in [0.717, 1.165) is 19.3 Å². The SMILES string of the molecule is CC1(NC(=O)c2cc(F)ccc2C#CCN)CCC1. The van der Waals surface area contributed by atoms with Crippen LogP contribution in [-0.4, -0.2) is 18.0 Å². The average Bonchev–Trinajstić information content (AvgIpc) is 2.35. The summed E-state index contributed by atoms with van der Waals surface area (Å²) in [6.45, 7) is 2.20. The van der Waals surface area contributed by atoms with Crippen LogP contribution in [0, 0.1) is 17.7 Å². The van der Waals surface area contributed by atoms with Crippen molar-refractivity contribution in [1.29, 1.82) is 0 Å². The number of amides is 1. The van der Waals surface area contributed by atoms with Gasteiger partial charge in [0.15, 0.2) is 0 Å². The fourth-order valence-electron chi connectivity index (χ4n) is 2.13. The third kappa shape index (κ3) is 3.12. The third-order valence-electron chi connectivity index (χ3n) is 3.42. The zero-order valence-corrected chi connectivity index (χ0v) is 10.9. The van der Waals surface area contributed by atoms with Crippen molar-refractivity contribution in [2.45, 2.75) is 31.7 Å². The Labute approximate surface area is 112 Å². The molecule has 0 spiro atoms. The first-order valence-electron chi connectivity index (χ1n) is 6.35. The molecule has 1 aliphatic carbocycles. The lowest BCUT2D eigenvalue weighted by Crippen LogP contribution is -2.51. The molecular weight excluding hydrogens is 243 g/mol. The number of nitrogens with two attached hydrogens (primary N) is 1. The highest BCUT2D eigenvalue weighted by Crippen LogP contribution is 2.31. The molecule has 1 aliphatic rings. The van der Waals surface area contributed by atoms with Crippen molar-refractivity contribution in [3.05, 3.63) is 35.1 Å². The van der Waals surface area contributed by atoms with Crippen molar-refractivity contribution in [2.75, 3.05) is 6.54 Å². The van der Waals surface area contributed by atoms with E-state index in [9.17, 15) is 9.18 Å². The molecule has 0 radical (unpaired) electrons. The lowest BCUT2D eigenvalue weighted by atomic mass is 9.78. The first-order chi connectivity index (χ1) is 9.04. The number of carbonyl (C=O) groups is 1. The summed E-state index contributed by atoms with van der Waals surface area (Å²) in [5.74, 6) is 4.77. The van der Waals surface area contributed by atoms with Gasteiger partial charge in [-0.3, -0.25) is 4.79 Å². The maximum atomic E-state index is 13.3. The first kappa shape index (κ1) is 13.6. The van der Waals surface area contributed by atoms with Crippen LogP contribution in [0.15, 0.2) is 18.2 Å². The highest BCUT2D eigenvalue weighted by molar-refractivity contribution is 5.97. The number of benzene rings is 1. The molecule has 1 fully saturated rings. The number of hydrogen-bond acceptors (Lipinski definition) is 2. The number of nitrogens with one attached hydrogen (secondary N) is 1. The summed E-state index contributed by atoms with van der Waals surface area (Å²) in [5, 5.41) is 2.95. The Bertz CT molecular complexity index is 553. The summed E-state index contributed by atoms with van der Waals surface area (Å²) in [4.78, 5) is 12.2. The molecule has 4 heteroatoms. The van der Waals surface area contributed by atoms with Gasteiger partial charge in [0, 0.05) is 11.1 Å². The topological polar surface area (TPSA) is 55.1 Å². The largest absolute Gasteiger partial charge is 0.347 e. The van der Waals surface area contributed by atoms with Crippen LogP contribution < -0.4 is 11.1 Å². The number of carbonyl (C=O) groups excluding carboxylic acids is 1. The number of halogens is 1. The lowest BCUT2D eigenvalue weighted by molar-refractivity contribution is 0.0849.